The first-order chi connectivity index (χ1) is 10.3. The fraction of sp³-hybridized carbons (Fsp3) is 0.133. The summed E-state index contributed by atoms with van der Waals surface area (Å²) < 4.78 is 2.07. The van der Waals surface area contributed by atoms with E-state index in [4.69, 9.17) is 11.6 Å². The van der Waals surface area contributed by atoms with E-state index in [1.807, 2.05) is 42.5 Å². The largest absolute Gasteiger partial charge is 0.302 e. The van der Waals surface area contributed by atoms with E-state index in [0.717, 1.165) is 28.1 Å². The van der Waals surface area contributed by atoms with Crippen LogP contribution >= 0.6 is 23.4 Å². The van der Waals surface area contributed by atoms with Crippen LogP contribution in [0.5, 0.6) is 0 Å². The van der Waals surface area contributed by atoms with E-state index in [1.165, 1.54) is 11.8 Å². The van der Waals surface area contributed by atoms with Gasteiger partial charge in [-0.3, -0.25) is 0 Å². The lowest BCUT2D eigenvalue weighted by molar-refractivity contribution is 0.687. The first-order valence-corrected chi connectivity index (χ1v) is 7.75. The van der Waals surface area contributed by atoms with Crippen LogP contribution in [0.1, 0.15) is 6.92 Å². The molecule has 0 N–H and O–H groups in total. The molecular weight excluding hydrogens is 304 g/mol. The Kier molecular flexibility index (Phi) is 4.22. The quantitative estimate of drug-likeness (QED) is 0.724. The maximum atomic E-state index is 5.93. The van der Waals surface area contributed by atoms with Crippen molar-refractivity contribution >= 4 is 23.4 Å². The topological polar surface area (TPSA) is 43.6 Å². The zero-order valence-corrected chi connectivity index (χ0v) is 13.0. The normalized spacial score (nSPS) is 10.8. The number of nitrogens with zero attached hydrogens (tertiary/aromatic N) is 4. The Hall–Kier alpha value is -1.85. The SMILES string of the molecule is CCn1c(Sc2ccccn2)nnc1-c1ccc(Cl)cc1. The maximum absolute atomic E-state index is 5.93. The number of benzene rings is 1. The zero-order valence-electron chi connectivity index (χ0n) is 11.4. The first kappa shape index (κ1) is 14.1. The Morgan fingerprint density at radius 2 is 1.90 bits per heavy atom. The summed E-state index contributed by atoms with van der Waals surface area (Å²) in [6.45, 7) is 2.87. The van der Waals surface area contributed by atoms with E-state index in [2.05, 4.69) is 26.7 Å². The standard InChI is InChI=1S/C15H13ClN4S/c1-2-20-14(11-6-8-12(16)9-7-11)18-19-15(20)21-13-5-3-4-10-17-13/h3-10H,2H2,1H3. The molecule has 3 aromatic rings. The lowest BCUT2D eigenvalue weighted by Crippen LogP contribution is -1.99. The number of halogens is 1. The molecule has 0 bridgehead atoms. The van der Waals surface area contributed by atoms with Gasteiger partial charge < -0.3 is 4.57 Å². The predicted molar refractivity (Wildman–Crippen MR) is 84.5 cm³/mol. The van der Waals surface area contributed by atoms with Crippen molar-refractivity contribution in [3.05, 3.63) is 53.7 Å². The van der Waals surface area contributed by atoms with E-state index < -0.39 is 0 Å². The number of pyridine rings is 1. The third-order valence-electron chi connectivity index (χ3n) is 2.97. The smallest absolute Gasteiger partial charge is 0.197 e. The molecule has 0 unspecified atom stereocenters. The molecule has 4 nitrogen and oxygen atoms in total. The van der Waals surface area contributed by atoms with Gasteiger partial charge in [-0.25, -0.2) is 4.98 Å². The van der Waals surface area contributed by atoms with Crippen LogP contribution < -0.4 is 0 Å². The van der Waals surface area contributed by atoms with Crippen LogP contribution in [0, 0.1) is 0 Å². The Morgan fingerprint density at radius 1 is 1.10 bits per heavy atom. The fourth-order valence-corrected chi connectivity index (χ4v) is 2.94. The third-order valence-corrected chi connectivity index (χ3v) is 4.16. The maximum Gasteiger partial charge on any atom is 0.197 e. The van der Waals surface area contributed by atoms with E-state index in [9.17, 15) is 0 Å². The summed E-state index contributed by atoms with van der Waals surface area (Å²) in [6.07, 6.45) is 1.77. The van der Waals surface area contributed by atoms with Gasteiger partial charge in [0.2, 0.25) is 0 Å². The highest BCUT2D eigenvalue weighted by Crippen LogP contribution is 2.28. The van der Waals surface area contributed by atoms with Crippen LogP contribution in [0.15, 0.2) is 58.8 Å². The number of hydrogen-bond acceptors (Lipinski definition) is 4. The lowest BCUT2D eigenvalue weighted by Gasteiger charge is -2.07. The molecule has 0 radical (unpaired) electrons. The van der Waals surface area contributed by atoms with Crippen molar-refractivity contribution in [3.8, 4) is 11.4 Å². The zero-order chi connectivity index (χ0) is 14.7. The minimum Gasteiger partial charge on any atom is -0.302 e. The van der Waals surface area contributed by atoms with Gasteiger partial charge in [-0.1, -0.05) is 17.7 Å². The average molecular weight is 317 g/mol. The van der Waals surface area contributed by atoms with Gasteiger partial charge in [0, 0.05) is 23.3 Å². The average Bonchev–Trinajstić information content (AvgIpc) is 2.92. The fourth-order valence-electron chi connectivity index (χ4n) is 1.96. The molecule has 3 rings (SSSR count). The molecule has 0 aliphatic heterocycles. The van der Waals surface area contributed by atoms with E-state index >= 15 is 0 Å². The second kappa shape index (κ2) is 6.28. The minimum atomic E-state index is 0.712. The van der Waals surface area contributed by atoms with E-state index in [-0.39, 0.29) is 0 Å². The molecule has 1 aromatic carbocycles. The van der Waals surface area contributed by atoms with Crippen LogP contribution in [0.2, 0.25) is 5.02 Å². The summed E-state index contributed by atoms with van der Waals surface area (Å²) in [4.78, 5) is 4.31. The summed E-state index contributed by atoms with van der Waals surface area (Å²) in [5.41, 5.74) is 1.00. The van der Waals surface area contributed by atoms with Crippen molar-refractivity contribution in [2.24, 2.45) is 0 Å². The van der Waals surface area contributed by atoms with Crippen molar-refractivity contribution in [3.63, 3.8) is 0 Å². The highest BCUT2D eigenvalue weighted by Gasteiger charge is 2.14. The summed E-state index contributed by atoms with van der Waals surface area (Å²) in [5.74, 6) is 0.840. The monoisotopic (exact) mass is 316 g/mol. The second-order valence-corrected chi connectivity index (χ2v) is 5.75. The van der Waals surface area contributed by atoms with E-state index in [0.29, 0.717) is 5.02 Å². The Bertz CT molecular complexity index is 725. The van der Waals surface area contributed by atoms with Crippen molar-refractivity contribution in [2.45, 2.75) is 23.7 Å². The molecule has 21 heavy (non-hydrogen) atoms. The molecular formula is C15H13ClN4S. The van der Waals surface area contributed by atoms with Crippen LogP contribution in [-0.2, 0) is 6.54 Å². The predicted octanol–water partition coefficient (Wildman–Crippen LogP) is 4.16. The van der Waals surface area contributed by atoms with Gasteiger partial charge in [0.15, 0.2) is 11.0 Å². The molecule has 2 aromatic heterocycles. The molecule has 0 spiro atoms. The molecule has 0 amide bonds. The van der Waals surface area contributed by atoms with Gasteiger partial charge in [-0.05, 0) is 55.1 Å². The van der Waals surface area contributed by atoms with Gasteiger partial charge in [0.25, 0.3) is 0 Å². The third kappa shape index (κ3) is 3.09. The van der Waals surface area contributed by atoms with Crippen LogP contribution in [0.25, 0.3) is 11.4 Å². The minimum absolute atomic E-state index is 0.712. The summed E-state index contributed by atoms with van der Waals surface area (Å²) in [6, 6.07) is 13.4. The Labute approximate surface area is 132 Å². The summed E-state index contributed by atoms with van der Waals surface area (Å²) in [7, 11) is 0. The molecule has 6 heteroatoms. The molecule has 106 valence electrons. The molecule has 0 saturated heterocycles. The van der Waals surface area contributed by atoms with Gasteiger partial charge in [0.05, 0.1) is 0 Å². The van der Waals surface area contributed by atoms with Crippen molar-refractivity contribution in [1.29, 1.82) is 0 Å². The summed E-state index contributed by atoms with van der Waals surface area (Å²) >= 11 is 7.44. The molecule has 0 aliphatic carbocycles. The van der Waals surface area contributed by atoms with Gasteiger partial charge in [-0.2, -0.15) is 0 Å². The molecule has 0 atom stereocenters. The van der Waals surface area contributed by atoms with Crippen molar-refractivity contribution < 1.29 is 0 Å². The number of hydrogen-bond donors (Lipinski definition) is 0. The lowest BCUT2D eigenvalue weighted by atomic mass is 10.2. The summed E-state index contributed by atoms with van der Waals surface area (Å²) in [5, 5.41) is 11.0. The highest BCUT2D eigenvalue weighted by atomic mass is 35.5. The van der Waals surface area contributed by atoms with Crippen LogP contribution in [0.4, 0.5) is 0 Å². The van der Waals surface area contributed by atoms with Crippen LogP contribution in [-0.4, -0.2) is 19.7 Å². The van der Waals surface area contributed by atoms with Crippen molar-refractivity contribution in [2.75, 3.05) is 0 Å². The van der Waals surface area contributed by atoms with Crippen molar-refractivity contribution in [1.82, 2.24) is 19.7 Å². The molecule has 2 heterocycles. The first-order valence-electron chi connectivity index (χ1n) is 6.56. The Balaban J connectivity index is 1.95. The molecule has 0 aliphatic rings. The Morgan fingerprint density at radius 3 is 2.57 bits per heavy atom. The van der Waals surface area contributed by atoms with Gasteiger partial charge >= 0.3 is 0 Å². The second-order valence-electron chi connectivity index (χ2n) is 4.33. The van der Waals surface area contributed by atoms with Gasteiger partial charge in [0.1, 0.15) is 5.03 Å². The van der Waals surface area contributed by atoms with E-state index in [1.54, 1.807) is 6.20 Å². The van der Waals surface area contributed by atoms with Crippen LogP contribution in [0.3, 0.4) is 0 Å². The number of aromatic nitrogens is 4. The molecule has 0 saturated carbocycles. The number of rotatable bonds is 4. The highest BCUT2D eigenvalue weighted by molar-refractivity contribution is 7.99. The molecule has 0 fully saturated rings. The van der Waals surface area contributed by atoms with Gasteiger partial charge in [-0.15, -0.1) is 10.2 Å².